The lowest BCUT2D eigenvalue weighted by atomic mass is 9.64. The number of benzene rings is 1. The van der Waals surface area contributed by atoms with Crippen molar-refractivity contribution in [2.75, 3.05) is 0 Å². The van der Waals surface area contributed by atoms with Crippen molar-refractivity contribution < 1.29 is 9.90 Å². The third-order valence-corrected chi connectivity index (χ3v) is 3.62. The van der Waals surface area contributed by atoms with Gasteiger partial charge in [-0.05, 0) is 18.6 Å². The number of carbonyl (C=O) groups excluding carboxylic acids is 1. The molecule has 1 aromatic carbocycles. The highest BCUT2D eigenvalue weighted by Gasteiger charge is 2.47. The summed E-state index contributed by atoms with van der Waals surface area (Å²) in [5.74, 6) is 5.09. The van der Waals surface area contributed by atoms with E-state index in [4.69, 9.17) is 0 Å². The Kier molecular flexibility index (Phi) is 3.40. The highest BCUT2D eigenvalue weighted by Crippen LogP contribution is 2.40. The summed E-state index contributed by atoms with van der Waals surface area (Å²) in [6.45, 7) is 3.88. The normalized spacial score (nSPS) is 24.4. The summed E-state index contributed by atoms with van der Waals surface area (Å²) in [5.41, 5.74) is 0.560. The summed E-state index contributed by atoms with van der Waals surface area (Å²) in [4.78, 5) is 11.6. The number of nitrogens with one attached hydrogen (secondary N) is 1. The Morgan fingerprint density at radius 2 is 2.06 bits per heavy atom. The molecule has 18 heavy (non-hydrogen) atoms. The molecule has 0 bridgehead atoms. The molecule has 2 unspecified atom stereocenters. The molecule has 0 aromatic heterocycles. The van der Waals surface area contributed by atoms with Gasteiger partial charge in [0.05, 0.1) is 6.10 Å². The van der Waals surface area contributed by atoms with Gasteiger partial charge in [0, 0.05) is 22.9 Å². The zero-order valence-corrected chi connectivity index (χ0v) is 10.6. The number of rotatable bonds is 1. The number of hydrogen-bond donors (Lipinski definition) is 2. The zero-order chi connectivity index (χ0) is 13.2. The van der Waals surface area contributed by atoms with Gasteiger partial charge in [-0.1, -0.05) is 38.0 Å². The van der Waals surface area contributed by atoms with Gasteiger partial charge in [-0.15, -0.1) is 0 Å². The van der Waals surface area contributed by atoms with Crippen molar-refractivity contribution >= 4 is 5.91 Å². The van der Waals surface area contributed by atoms with Crippen molar-refractivity contribution in [1.82, 2.24) is 5.32 Å². The van der Waals surface area contributed by atoms with Crippen LogP contribution >= 0.6 is 0 Å². The Balaban J connectivity index is 1.93. The minimum Gasteiger partial charge on any atom is -0.392 e. The van der Waals surface area contributed by atoms with E-state index in [1.165, 1.54) is 0 Å². The SMILES string of the molecule is CC1(C)C(O)CC1NC(=O)C#Cc1ccccc1. The Morgan fingerprint density at radius 1 is 1.39 bits per heavy atom. The predicted molar refractivity (Wildman–Crippen MR) is 69.7 cm³/mol. The molecule has 0 spiro atoms. The molecule has 1 saturated carbocycles. The van der Waals surface area contributed by atoms with Crippen LogP contribution in [0.25, 0.3) is 0 Å². The third kappa shape index (κ3) is 2.55. The van der Waals surface area contributed by atoms with Crippen LogP contribution in [0.5, 0.6) is 0 Å². The molecule has 3 heteroatoms. The predicted octanol–water partition coefficient (Wildman–Crippen LogP) is 1.31. The van der Waals surface area contributed by atoms with E-state index in [1.54, 1.807) is 0 Å². The van der Waals surface area contributed by atoms with Gasteiger partial charge in [-0.25, -0.2) is 0 Å². The Labute approximate surface area is 107 Å². The molecule has 0 aliphatic heterocycles. The van der Waals surface area contributed by atoms with E-state index in [0.717, 1.165) is 5.56 Å². The first-order chi connectivity index (χ1) is 8.50. The van der Waals surface area contributed by atoms with Gasteiger partial charge in [-0.3, -0.25) is 4.79 Å². The van der Waals surface area contributed by atoms with Gasteiger partial charge in [0.1, 0.15) is 0 Å². The highest BCUT2D eigenvalue weighted by molar-refractivity contribution is 5.94. The summed E-state index contributed by atoms with van der Waals surface area (Å²) >= 11 is 0. The third-order valence-electron chi connectivity index (χ3n) is 3.62. The van der Waals surface area contributed by atoms with Crippen molar-refractivity contribution in [2.45, 2.75) is 32.4 Å². The minimum atomic E-state index is -0.343. The van der Waals surface area contributed by atoms with Crippen LogP contribution in [0.3, 0.4) is 0 Å². The number of hydrogen-bond acceptors (Lipinski definition) is 2. The van der Waals surface area contributed by atoms with Crippen LogP contribution in [0.4, 0.5) is 0 Å². The summed E-state index contributed by atoms with van der Waals surface area (Å²) in [6, 6.07) is 9.39. The average Bonchev–Trinajstić information content (AvgIpc) is 2.37. The van der Waals surface area contributed by atoms with Crippen LogP contribution < -0.4 is 5.32 Å². The maximum Gasteiger partial charge on any atom is 0.296 e. The molecule has 94 valence electrons. The average molecular weight is 243 g/mol. The first-order valence-electron chi connectivity index (χ1n) is 6.06. The Hall–Kier alpha value is -1.79. The van der Waals surface area contributed by atoms with E-state index in [0.29, 0.717) is 6.42 Å². The van der Waals surface area contributed by atoms with E-state index >= 15 is 0 Å². The largest absolute Gasteiger partial charge is 0.392 e. The summed E-state index contributed by atoms with van der Waals surface area (Å²) < 4.78 is 0. The van der Waals surface area contributed by atoms with Crippen molar-refractivity contribution in [3.8, 4) is 11.8 Å². The molecule has 1 amide bonds. The van der Waals surface area contributed by atoms with Crippen LogP contribution in [0.2, 0.25) is 0 Å². The maximum absolute atomic E-state index is 11.6. The fourth-order valence-corrected chi connectivity index (χ4v) is 1.99. The maximum atomic E-state index is 11.6. The van der Waals surface area contributed by atoms with Crippen LogP contribution in [0.1, 0.15) is 25.8 Å². The molecule has 2 atom stereocenters. The first-order valence-corrected chi connectivity index (χ1v) is 6.06. The summed E-state index contributed by atoms with van der Waals surface area (Å²) in [6.07, 6.45) is 0.260. The molecule has 1 fully saturated rings. The zero-order valence-electron chi connectivity index (χ0n) is 10.6. The molecular weight excluding hydrogens is 226 g/mol. The molecule has 0 radical (unpaired) electrons. The molecule has 2 N–H and O–H groups in total. The van der Waals surface area contributed by atoms with Crippen LogP contribution in [-0.2, 0) is 4.79 Å². The van der Waals surface area contributed by atoms with E-state index < -0.39 is 0 Å². The minimum absolute atomic E-state index is 0.00470. The van der Waals surface area contributed by atoms with Gasteiger partial charge < -0.3 is 10.4 Å². The second kappa shape index (κ2) is 4.83. The second-order valence-electron chi connectivity index (χ2n) is 5.21. The van der Waals surface area contributed by atoms with Crippen LogP contribution in [0, 0.1) is 17.3 Å². The van der Waals surface area contributed by atoms with E-state index in [9.17, 15) is 9.90 Å². The quantitative estimate of drug-likeness (QED) is 0.731. The van der Waals surface area contributed by atoms with Gasteiger partial charge in [0.2, 0.25) is 0 Å². The smallest absolute Gasteiger partial charge is 0.296 e. The number of aliphatic hydroxyl groups is 1. The highest BCUT2D eigenvalue weighted by atomic mass is 16.3. The fourth-order valence-electron chi connectivity index (χ4n) is 1.99. The van der Waals surface area contributed by atoms with Crippen molar-refractivity contribution in [3.63, 3.8) is 0 Å². The van der Waals surface area contributed by atoms with Crippen molar-refractivity contribution in [3.05, 3.63) is 35.9 Å². The molecule has 1 aromatic rings. The molecule has 1 aliphatic carbocycles. The molecule has 0 heterocycles. The van der Waals surface area contributed by atoms with Gasteiger partial charge in [-0.2, -0.15) is 0 Å². The van der Waals surface area contributed by atoms with Gasteiger partial charge in [0.25, 0.3) is 5.91 Å². The number of aliphatic hydroxyl groups excluding tert-OH is 1. The van der Waals surface area contributed by atoms with Gasteiger partial charge >= 0.3 is 0 Å². The molecule has 1 aliphatic rings. The van der Waals surface area contributed by atoms with Crippen molar-refractivity contribution in [2.24, 2.45) is 5.41 Å². The molecular formula is C15H17NO2. The van der Waals surface area contributed by atoms with E-state index in [-0.39, 0.29) is 23.5 Å². The fraction of sp³-hybridized carbons (Fsp3) is 0.400. The second-order valence-corrected chi connectivity index (χ2v) is 5.21. The lowest BCUT2D eigenvalue weighted by molar-refractivity contribution is -0.123. The lowest BCUT2D eigenvalue weighted by Gasteiger charge is -2.49. The number of carbonyl (C=O) groups is 1. The summed E-state index contributed by atoms with van der Waals surface area (Å²) in [5, 5.41) is 12.4. The molecule has 2 rings (SSSR count). The van der Waals surface area contributed by atoms with E-state index in [2.05, 4.69) is 17.2 Å². The van der Waals surface area contributed by atoms with Crippen molar-refractivity contribution in [1.29, 1.82) is 0 Å². The Morgan fingerprint density at radius 3 is 2.61 bits per heavy atom. The van der Waals surface area contributed by atoms with Crippen LogP contribution in [0.15, 0.2) is 30.3 Å². The molecule has 3 nitrogen and oxygen atoms in total. The molecule has 0 saturated heterocycles. The van der Waals surface area contributed by atoms with E-state index in [1.807, 2.05) is 44.2 Å². The lowest BCUT2D eigenvalue weighted by Crippen LogP contribution is -2.61. The number of amides is 1. The monoisotopic (exact) mass is 243 g/mol. The topological polar surface area (TPSA) is 49.3 Å². The van der Waals surface area contributed by atoms with Gasteiger partial charge in [0.15, 0.2) is 0 Å². The summed E-state index contributed by atoms with van der Waals surface area (Å²) in [7, 11) is 0. The van der Waals surface area contributed by atoms with Crippen LogP contribution in [-0.4, -0.2) is 23.2 Å². The Bertz CT molecular complexity index is 496. The standard InChI is InChI=1S/C15H17NO2/c1-15(2)12(10-13(15)17)16-14(18)9-8-11-6-4-3-5-7-11/h3-7,12-13,17H,10H2,1-2H3,(H,16,18). The first kappa shape index (κ1) is 12.7.